The normalized spacial score (nSPS) is 16.0. The number of rotatable bonds is 2. The van der Waals surface area contributed by atoms with Crippen molar-refractivity contribution < 1.29 is 18.0 Å². The Hall–Kier alpha value is -3.69. The quantitative estimate of drug-likeness (QED) is 0.498. The summed E-state index contributed by atoms with van der Waals surface area (Å²) in [5.74, 6) is -4.20. The molecule has 0 aliphatic carbocycles. The van der Waals surface area contributed by atoms with Crippen LogP contribution in [0.4, 0.5) is 13.2 Å². The lowest BCUT2D eigenvalue weighted by Crippen LogP contribution is -2.39. The highest BCUT2D eigenvalue weighted by molar-refractivity contribution is 6.05. The summed E-state index contributed by atoms with van der Waals surface area (Å²) in [5.41, 5.74) is 3.14. The molecule has 0 saturated carbocycles. The molecule has 0 radical (unpaired) electrons. The molecule has 1 atom stereocenters. The Morgan fingerprint density at radius 2 is 1.97 bits per heavy atom. The van der Waals surface area contributed by atoms with Gasteiger partial charge in [-0.05, 0) is 31.5 Å². The van der Waals surface area contributed by atoms with Gasteiger partial charge in [-0.1, -0.05) is 0 Å². The van der Waals surface area contributed by atoms with E-state index in [0.29, 0.717) is 41.0 Å². The van der Waals surface area contributed by atoms with Crippen LogP contribution < -0.4 is 0 Å². The zero-order valence-electron chi connectivity index (χ0n) is 16.7. The second kappa shape index (κ2) is 6.93. The molecule has 0 bridgehead atoms. The Kier molecular flexibility index (Phi) is 4.31. The molecule has 31 heavy (non-hydrogen) atoms. The van der Waals surface area contributed by atoms with E-state index in [0.717, 1.165) is 17.7 Å². The van der Waals surface area contributed by atoms with Gasteiger partial charge >= 0.3 is 0 Å². The second-order valence-corrected chi connectivity index (χ2v) is 7.51. The Morgan fingerprint density at radius 1 is 1.23 bits per heavy atom. The van der Waals surface area contributed by atoms with E-state index in [2.05, 4.69) is 20.3 Å². The molecule has 5 rings (SSSR count). The Labute approximate surface area is 174 Å². The molecule has 0 saturated heterocycles. The third kappa shape index (κ3) is 2.89. The first kappa shape index (κ1) is 19.3. The summed E-state index contributed by atoms with van der Waals surface area (Å²) < 4.78 is 42.6. The minimum absolute atomic E-state index is 0.182. The first-order valence-electron chi connectivity index (χ1n) is 9.66. The monoisotopic (exact) mass is 426 g/mol. The van der Waals surface area contributed by atoms with Gasteiger partial charge in [0.1, 0.15) is 0 Å². The summed E-state index contributed by atoms with van der Waals surface area (Å²) in [5, 5.41) is 11.9. The zero-order chi connectivity index (χ0) is 21.9. The molecule has 1 aliphatic rings. The first-order valence-corrected chi connectivity index (χ1v) is 9.66. The van der Waals surface area contributed by atoms with Crippen LogP contribution in [-0.4, -0.2) is 42.3 Å². The predicted octanol–water partition coefficient (Wildman–Crippen LogP) is 3.54. The molecule has 0 spiro atoms. The number of aromatic amines is 1. The average Bonchev–Trinajstić information content (AvgIpc) is 3.35. The van der Waals surface area contributed by atoms with Crippen LogP contribution in [0.25, 0.3) is 22.3 Å². The molecule has 1 N–H and O–H groups in total. The van der Waals surface area contributed by atoms with Gasteiger partial charge in [-0.3, -0.25) is 14.6 Å². The van der Waals surface area contributed by atoms with Gasteiger partial charge in [0, 0.05) is 30.9 Å². The fraction of sp³-hybridized carbons (Fsp3) is 0.238. The Morgan fingerprint density at radius 3 is 2.71 bits per heavy atom. The number of carbonyl (C=O) groups excluding carboxylic acids is 1. The number of fused-ring (bicyclic) bond motifs is 2. The van der Waals surface area contributed by atoms with E-state index in [9.17, 15) is 18.0 Å². The molecule has 1 aromatic carbocycles. The number of benzene rings is 1. The molecule has 7 nitrogen and oxygen atoms in total. The minimum Gasteiger partial charge on any atom is -0.330 e. The Bertz CT molecular complexity index is 1320. The van der Waals surface area contributed by atoms with Crippen molar-refractivity contribution in [2.24, 2.45) is 7.05 Å². The van der Waals surface area contributed by atoms with Gasteiger partial charge in [-0.2, -0.15) is 10.2 Å². The van der Waals surface area contributed by atoms with Gasteiger partial charge < -0.3 is 4.90 Å². The van der Waals surface area contributed by atoms with E-state index in [4.69, 9.17) is 0 Å². The molecule has 4 aromatic rings. The lowest BCUT2D eigenvalue weighted by molar-refractivity contribution is 0.0675. The lowest BCUT2D eigenvalue weighted by Gasteiger charge is -2.33. The summed E-state index contributed by atoms with van der Waals surface area (Å²) in [6, 6.07) is 3.20. The molecule has 3 aromatic heterocycles. The topological polar surface area (TPSA) is 79.7 Å². The molecule has 10 heteroatoms. The van der Waals surface area contributed by atoms with Crippen molar-refractivity contribution in [1.29, 1.82) is 0 Å². The Balaban J connectivity index is 1.54. The van der Waals surface area contributed by atoms with Gasteiger partial charge in [-0.15, -0.1) is 0 Å². The van der Waals surface area contributed by atoms with Crippen LogP contribution in [0.5, 0.6) is 0 Å². The van der Waals surface area contributed by atoms with E-state index in [1.807, 2.05) is 6.92 Å². The van der Waals surface area contributed by atoms with Crippen molar-refractivity contribution in [2.75, 3.05) is 6.54 Å². The first-order chi connectivity index (χ1) is 14.9. The summed E-state index contributed by atoms with van der Waals surface area (Å²) >= 11 is 0. The standard InChI is InChI=1S/C21H17F3N6O/c1-10-18-13(19(29(2)28-18)11-7-15(22)17(24)16(23)8-11)4-6-30(10)21(31)12-3-5-25-20-14(12)9-26-27-20/h3,5,7-10H,4,6H2,1-2H3,(H,25,26,27)/t10-/m0/s1. The molecule has 0 unspecified atom stereocenters. The number of carbonyl (C=O) groups is 1. The number of nitrogens with zero attached hydrogens (tertiary/aromatic N) is 5. The summed E-state index contributed by atoms with van der Waals surface area (Å²) in [7, 11) is 1.66. The molecule has 158 valence electrons. The van der Waals surface area contributed by atoms with E-state index < -0.39 is 17.5 Å². The number of H-pyrrole nitrogens is 1. The van der Waals surface area contributed by atoms with Crippen LogP contribution in [0.1, 0.15) is 34.6 Å². The number of halogens is 3. The van der Waals surface area contributed by atoms with Crippen LogP contribution in [0, 0.1) is 17.5 Å². The van der Waals surface area contributed by atoms with Crippen molar-refractivity contribution in [3.63, 3.8) is 0 Å². The van der Waals surface area contributed by atoms with Crippen LogP contribution in [0.15, 0.2) is 30.6 Å². The number of pyridine rings is 1. The van der Waals surface area contributed by atoms with Crippen LogP contribution >= 0.6 is 0 Å². The van der Waals surface area contributed by atoms with Crippen LogP contribution in [-0.2, 0) is 13.5 Å². The largest absolute Gasteiger partial charge is 0.330 e. The van der Waals surface area contributed by atoms with Gasteiger partial charge in [0.25, 0.3) is 5.91 Å². The van der Waals surface area contributed by atoms with Crippen molar-refractivity contribution in [2.45, 2.75) is 19.4 Å². The fourth-order valence-corrected chi connectivity index (χ4v) is 4.27. The van der Waals surface area contributed by atoms with E-state index in [1.165, 1.54) is 4.68 Å². The summed E-state index contributed by atoms with van der Waals surface area (Å²) in [4.78, 5) is 19.2. The summed E-state index contributed by atoms with van der Waals surface area (Å²) in [6.07, 6.45) is 3.55. The van der Waals surface area contributed by atoms with Crippen molar-refractivity contribution >= 4 is 16.9 Å². The molecular weight excluding hydrogens is 409 g/mol. The van der Waals surface area contributed by atoms with E-state index in [-0.39, 0.29) is 17.5 Å². The maximum Gasteiger partial charge on any atom is 0.255 e. The fourth-order valence-electron chi connectivity index (χ4n) is 4.27. The maximum atomic E-state index is 13.8. The third-order valence-electron chi connectivity index (χ3n) is 5.75. The second-order valence-electron chi connectivity index (χ2n) is 7.51. The van der Waals surface area contributed by atoms with Crippen molar-refractivity contribution in [3.05, 3.63) is 64.9 Å². The molecule has 1 aliphatic heterocycles. The predicted molar refractivity (Wildman–Crippen MR) is 106 cm³/mol. The molecule has 4 heterocycles. The smallest absolute Gasteiger partial charge is 0.255 e. The molecular formula is C21H17F3N6O. The van der Waals surface area contributed by atoms with Crippen molar-refractivity contribution in [1.82, 2.24) is 29.9 Å². The van der Waals surface area contributed by atoms with Gasteiger partial charge in [0.15, 0.2) is 23.1 Å². The van der Waals surface area contributed by atoms with Crippen molar-refractivity contribution in [3.8, 4) is 11.3 Å². The van der Waals surface area contributed by atoms with E-state index in [1.54, 1.807) is 30.4 Å². The number of hydrogen-bond donors (Lipinski definition) is 1. The zero-order valence-corrected chi connectivity index (χ0v) is 16.7. The molecule has 0 fully saturated rings. The van der Waals surface area contributed by atoms with E-state index >= 15 is 0 Å². The number of aryl methyl sites for hydroxylation is 1. The number of hydrogen-bond acceptors (Lipinski definition) is 4. The van der Waals surface area contributed by atoms with Crippen LogP contribution in [0.3, 0.4) is 0 Å². The number of aromatic nitrogens is 5. The average molecular weight is 426 g/mol. The highest BCUT2D eigenvalue weighted by Gasteiger charge is 2.34. The minimum atomic E-state index is -1.51. The lowest BCUT2D eigenvalue weighted by atomic mass is 9.95. The maximum absolute atomic E-state index is 13.8. The summed E-state index contributed by atoms with van der Waals surface area (Å²) in [6.45, 7) is 2.24. The number of amides is 1. The highest BCUT2D eigenvalue weighted by Crippen LogP contribution is 2.37. The SMILES string of the molecule is C[C@H]1c2nn(C)c(-c3cc(F)c(F)c(F)c3)c2CCN1C(=O)c1ccnc2[nH]ncc12. The van der Waals surface area contributed by atoms with Crippen LogP contribution in [0.2, 0.25) is 0 Å². The third-order valence-corrected chi connectivity index (χ3v) is 5.75. The van der Waals surface area contributed by atoms with Gasteiger partial charge in [0.2, 0.25) is 0 Å². The molecule has 1 amide bonds. The van der Waals surface area contributed by atoms with Gasteiger partial charge in [-0.25, -0.2) is 18.2 Å². The number of nitrogens with one attached hydrogen (secondary N) is 1. The highest BCUT2D eigenvalue weighted by atomic mass is 19.2. The van der Waals surface area contributed by atoms with Gasteiger partial charge in [0.05, 0.1) is 34.6 Å².